The van der Waals surface area contributed by atoms with Crippen molar-refractivity contribution in [3.05, 3.63) is 72.1 Å². The van der Waals surface area contributed by atoms with Gasteiger partial charge in [0.2, 0.25) is 0 Å². The molecule has 10 nitrogen and oxygen atoms in total. The Balaban J connectivity index is 1.11. The van der Waals surface area contributed by atoms with E-state index in [9.17, 15) is 14.4 Å². The first-order valence-corrected chi connectivity index (χ1v) is 11.4. The predicted octanol–water partition coefficient (Wildman–Crippen LogP) is 2.93. The number of fused-ring (bicyclic) bond motifs is 1. The van der Waals surface area contributed by atoms with Gasteiger partial charge in [0.25, 0.3) is 11.8 Å². The van der Waals surface area contributed by atoms with Crippen LogP contribution in [0.25, 0.3) is 16.6 Å². The van der Waals surface area contributed by atoms with E-state index in [4.69, 9.17) is 4.74 Å². The number of nitrogens with zero attached hydrogens (tertiary/aromatic N) is 3. The standard InChI is InChI=1S/C25H24N6O4/c32-22(27-21-14-20(16-10-11-16)30-31(21)17-6-2-1-3-7-17)15-35-23(33)12-13-26-25(34)24-18-8-4-5-9-19(18)28-29-24/h1-9,14,16H,10-13,15H2,(H,26,34)(H,27,32)(H,28,29). The molecule has 0 spiro atoms. The number of ether oxygens (including phenoxy) is 1. The molecular weight excluding hydrogens is 448 g/mol. The van der Waals surface area contributed by atoms with Gasteiger partial charge >= 0.3 is 5.97 Å². The molecule has 0 saturated heterocycles. The van der Waals surface area contributed by atoms with Crippen molar-refractivity contribution in [2.75, 3.05) is 18.5 Å². The third kappa shape index (κ3) is 5.21. The van der Waals surface area contributed by atoms with Crippen LogP contribution in [-0.4, -0.2) is 50.9 Å². The molecule has 2 aromatic carbocycles. The largest absolute Gasteiger partial charge is 0.456 e. The fourth-order valence-corrected chi connectivity index (χ4v) is 3.73. The van der Waals surface area contributed by atoms with Crippen molar-refractivity contribution in [2.24, 2.45) is 0 Å². The molecule has 5 rings (SSSR count). The molecule has 4 aromatic rings. The van der Waals surface area contributed by atoms with Gasteiger partial charge in [0, 0.05) is 23.9 Å². The monoisotopic (exact) mass is 472 g/mol. The van der Waals surface area contributed by atoms with Crippen molar-refractivity contribution < 1.29 is 19.1 Å². The van der Waals surface area contributed by atoms with Crippen LogP contribution < -0.4 is 10.6 Å². The summed E-state index contributed by atoms with van der Waals surface area (Å²) in [5.74, 6) is -0.512. The summed E-state index contributed by atoms with van der Waals surface area (Å²) in [6.07, 6.45) is 2.10. The van der Waals surface area contributed by atoms with Crippen LogP contribution >= 0.6 is 0 Å². The molecule has 0 bridgehead atoms. The lowest BCUT2D eigenvalue weighted by Gasteiger charge is -2.09. The van der Waals surface area contributed by atoms with Gasteiger partial charge in [-0.05, 0) is 31.0 Å². The molecule has 1 fully saturated rings. The molecule has 35 heavy (non-hydrogen) atoms. The second kappa shape index (κ2) is 9.80. The highest BCUT2D eigenvalue weighted by molar-refractivity contribution is 6.04. The van der Waals surface area contributed by atoms with Crippen molar-refractivity contribution in [1.29, 1.82) is 0 Å². The lowest BCUT2D eigenvalue weighted by atomic mass is 10.2. The number of hydrogen-bond acceptors (Lipinski definition) is 6. The molecule has 1 aliphatic rings. The van der Waals surface area contributed by atoms with Gasteiger partial charge < -0.3 is 15.4 Å². The van der Waals surface area contributed by atoms with Crippen LogP contribution in [0.15, 0.2) is 60.7 Å². The van der Waals surface area contributed by atoms with Crippen molar-refractivity contribution in [3.63, 3.8) is 0 Å². The van der Waals surface area contributed by atoms with Gasteiger partial charge in [0.05, 0.1) is 23.3 Å². The quantitative estimate of drug-likeness (QED) is 0.321. The number of esters is 1. The van der Waals surface area contributed by atoms with Crippen molar-refractivity contribution in [1.82, 2.24) is 25.3 Å². The molecule has 2 heterocycles. The van der Waals surface area contributed by atoms with Crippen LogP contribution in [0.5, 0.6) is 0 Å². The second-order valence-electron chi connectivity index (χ2n) is 8.31. The van der Waals surface area contributed by atoms with E-state index >= 15 is 0 Å². The SMILES string of the molecule is O=C(COC(=O)CCNC(=O)c1n[nH]c2ccccc12)Nc1cc(C2CC2)nn1-c1ccccc1. The van der Waals surface area contributed by atoms with Gasteiger partial charge in [0.1, 0.15) is 5.82 Å². The van der Waals surface area contributed by atoms with Gasteiger partial charge in [0.15, 0.2) is 12.3 Å². The maximum Gasteiger partial charge on any atom is 0.308 e. The summed E-state index contributed by atoms with van der Waals surface area (Å²) >= 11 is 0. The van der Waals surface area contributed by atoms with Crippen LogP contribution in [0.4, 0.5) is 5.82 Å². The summed E-state index contributed by atoms with van der Waals surface area (Å²) in [5, 5.41) is 17.6. The van der Waals surface area contributed by atoms with E-state index in [0.717, 1.165) is 29.7 Å². The third-order valence-electron chi connectivity index (χ3n) is 5.66. The minimum absolute atomic E-state index is 0.0615. The molecular formula is C25H24N6O4. The maximum atomic E-state index is 12.4. The summed E-state index contributed by atoms with van der Waals surface area (Å²) in [6.45, 7) is -0.373. The molecule has 178 valence electrons. The predicted molar refractivity (Wildman–Crippen MR) is 128 cm³/mol. The smallest absolute Gasteiger partial charge is 0.308 e. The summed E-state index contributed by atoms with van der Waals surface area (Å²) in [7, 11) is 0. The Hall–Kier alpha value is -4.47. The second-order valence-corrected chi connectivity index (χ2v) is 8.31. The molecule has 0 aliphatic heterocycles. The summed E-state index contributed by atoms with van der Waals surface area (Å²) in [4.78, 5) is 36.9. The third-order valence-corrected chi connectivity index (χ3v) is 5.66. The van der Waals surface area contributed by atoms with Crippen molar-refractivity contribution >= 4 is 34.5 Å². The van der Waals surface area contributed by atoms with Crippen LogP contribution in [0.1, 0.15) is 41.4 Å². The number of benzene rings is 2. The van der Waals surface area contributed by atoms with E-state index in [1.165, 1.54) is 0 Å². The van der Waals surface area contributed by atoms with E-state index < -0.39 is 24.4 Å². The highest BCUT2D eigenvalue weighted by Crippen LogP contribution is 2.40. The lowest BCUT2D eigenvalue weighted by molar-refractivity contribution is -0.147. The Morgan fingerprint density at radius 3 is 2.63 bits per heavy atom. The Kier molecular flexibility index (Phi) is 6.25. The zero-order chi connectivity index (χ0) is 24.2. The number of hydrogen-bond donors (Lipinski definition) is 3. The number of rotatable bonds is 9. The Bertz CT molecular complexity index is 1370. The number of aromatic amines is 1. The van der Waals surface area contributed by atoms with E-state index in [2.05, 4.69) is 25.9 Å². The highest BCUT2D eigenvalue weighted by Gasteiger charge is 2.28. The topological polar surface area (TPSA) is 131 Å². The van der Waals surface area contributed by atoms with Gasteiger partial charge in [-0.2, -0.15) is 10.2 Å². The van der Waals surface area contributed by atoms with Crippen molar-refractivity contribution in [3.8, 4) is 5.69 Å². The summed E-state index contributed by atoms with van der Waals surface area (Å²) in [6, 6.07) is 18.6. The molecule has 0 atom stereocenters. The van der Waals surface area contributed by atoms with Crippen LogP contribution in [0, 0.1) is 0 Å². The fraction of sp³-hybridized carbons (Fsp3) is 0.240. The summed E-state index contributed by atoms with van der Waals surface area (Å²) in [5.41, 5.74) is 2.77. The molecule has 10 heteroatoms. The molecule has 0 radical (unpaired) electrons. The maximum absolute atomic E-state index is 12.4. The van der Waals surface area contributed by atoms with Gasteiger partial charge in [-0.1, -0.05) is 36.4 Å². The van der Waals surface area contributed by atoms with Gasteiger partial charge in [-0.3, -0.25) is 19.5 Å². The fourth-order valence-electron chi connectivity index (χ4n) is 3.73. The number of para-hydroxylation sites is 2. The average molecular weight is 473 g/mol. The molecule has 1 aliphatic carbocycles. The lowest BCUT2D eigenvalue weighted by Crippen LogP contribution is -2.28. The molecule has 2 aromatic heterocycles. The zero-order valence-electron chi connectivity index (χ0n) is 18.9. The van der Waals surface area contributed by atoms with Crippen LogP contribution in [0.3, 0.4) is 0 Å². The van der Waals surface area contributed by atoms with E-state index in [0.29, 0.717) is 17.1 Å². The van der Waals surface area contributed by atoms with Gasteiger partial charge in [-0.15, -0.1) is 0 Å². The summed E-state index contributed by atoms with van der Waals surface area (Å²) < 4.78 is 6.76. The highest BCUT2D eigenvalue weighted by atomic mass is 16.5. The molecule has 2 amide bonds. The number of anilines is 1. The number of H-pyrrole nitrogens is 1. The number of nitrogens with one attached hydrogen (secondary N) is 3. The van der Waals surface area contributed by atoms with E-state index in [1.807, 2.05) is 54.6 Å². The average Bonchev–Trinajstić information content (AvgIpc) is 3.50. The van der Waals surface area contributed by atoms with Crippen LogP contribution in [0.2, 0.25) is 0 Å². The first-order chi connectivity index (χ1) is 17.1. The molecule has 1 saturated carbocycles. The Labute approximate surface area is 200 Å². The first-order valence-electron chi connectivity index (χ1n) is 11.4. The number of carbonyl (C=O) groups excluding carboxylic acids is 3. The Morgan fingerprint density at radius 1 is 1.06 bits per heavy atom. The van der Waals surface area contributed by atoms with Crippen molar-refractivity contribution in [2.45, 2.75) is 25.2 Å². The number of carbonyl (C=O) groups is 3. The molecule has 3 N–H and O–H groups in total. The zero-order valence-corrected chi connectivity index (χ0v) is 18.9. The molecule has 0 unspecified atom stereocenters. The Morgan fingerprint density at radius 2 is 1.83 bits per heavy atom. The normalized spacial score (nSPS) is 12.9. The van der Waals surface area contributed by atoms with Gasteiger partial charge in [-0.25, -0.2) is 4.68 Å². The number of aromatic nitrogens is 4. The number of amides is 2. The first kappa shape index (κ1) is 22.3. The minimum atomic E-state index is -0.595. The minimum Gasteiger partial charge on any atom is -0.456 e. The van der Waals surface area contributed by atoms with E-state index in [1.54, 1.807) is 10.7 Å². The van der Waals surface area contributed by atoms with Crippen LogP contribution in [-0.2, 0) is 14.3 Å². The van der Waals surface area contributed by atoms with E-state index in [-0.39, 0.29) is 18.7 Å².